The molecule has 3 aliphatic rings. The summed E-state index contributed by atoms with van der Waals surface area (Å²) < 4.78 is 15.6. The molecule has 1 aromatic heterocycles. The van der Waals surface area contributed by atoms with Crippen LogP contribution in [0.2, 0.25) is 0 Å². The number of amides is 2. The molecule has 1 unspecified atom stereocenters. The molecule has 2 aromatic carbocycles. The lowest BCUT2D eigenvalue weighted by molar-refractivity contribution is -0.134. The lowest BCUT2D eigenvalue weighted by Crippen LogP contribution is -2.47. The Morgan fingerprint density at radius 2 is 1.72 bits per heavy atom. The molecule has 43 heavy (non-hydrogen) atoms. The first kappa shape index (κ1) is 30.1. The molecule has 3 heterocycles. The van der Waals surface area contributed by atoms with Gasteiger partial charge in [-0.05, 0) is 63.6 Å². The number of hydrogen-bond donors (Lipinski definition) is 1. The largest absolute Gasteiger partial charge is 0.490 e. The van der Waals surface area contributed by atoms with Crippen molar-refractivity contribution in [2.45, 2.75) is 70.0 Å². The van der Waals surface area contributed by atoms with E-state index in [9.17, 15) is 9.59 Å². The van der Waals surface area contributed by atoms with Crippen molar-refractivity contribution >= 4 is 44.3 Å². The summed E-state index contributed by atoms with van der Waals surface area (Å²) in [6, 6.07) is 12.4. The molecule has 9 nitrogen and oxygen atoms in total. The third kappa shape index (κ3) is 6.76. The van der Waals surface area contributed by atoms with Crippen LogP contribution < -0.4 is 15.0 Å². The van der Waals surface area contributed by atoms with Crippen LogP contribution in [0.15, 0.2) is 40.9 Å². The molecule has 0 radical (unpaired) electrons. The van der Waals surface area contributed by atoms with Crippen LogP contribution in [0.5, 0.6) is 5.75 Å². The number of rotatable bonds is 9. The van der Waals surface area contributed by atoms with Crippen molar-refractivity contribution in [1.82, 2.24) is 20.0 Å². The maximum atomic E-state index is 12.6. The van der Waals surface area contributed by atoms with E-state index in [1.165, 1.54) is 0 Å². The number of imide groups is 1. The molecule has 10 heteroatoms. The van der Waals surface area contributed by atoms with Gasteiger partial charge in [0.2, 0.25) is 11.8 Å². The summed E-state index contributed by atoms with van der Waals surface area (Å²) in [5.41, 5.74) is 4.14. The fraction of sp³-hybridized carbons (Fsp3) is 0.545. The number of halogens is 1. The average molecular weight is 653 g/mol. The van der Waals surface area contributed by atoms with Crippen molar-refractivity contribution in [3.8, 4) is 5.75 Å². The number of carbonyl (C=O) groups is 2. The second kappa shape index (κ2) is 13.4. The number of nitrogens with zero attached hydrogens (tertiary/aromatic N) is 4. The number of para-hydroxylation sites is 1. The molecule has 1 atom stereocenters. The van der Waals surface area contributed by atoms with Crippen molar-refractivity contribution in [1.29, 1.82) is 0 Å². The van der Waals surface area contributed by atoms with Gasteiger partial charge in [-0.25, -0.2) is 0 Å². The van der Waals surface area contributed by atoms with Gasteiger partial charge in [-0.3, -0.25) is 24.5 Å². The monoisotopic (exact) mass is 651 g/mol. The summed E-state index contributed by atoms with van der Waals surface area (Å²) in [4.78, 5) is 29.2. The maximum absolute atomic E-state index is 12.6. The SMILES string of the molecule is Cc1c(Br)cccc1OC1CCC(OCCCN2CCN(c3cccc4c(C5CCC(=O)NC5=O)nn(C)c34)CC2)CC1. The van der Waals surface area contributed by atoms with E-state index >= 15 is 0 Å². The Labute approximate surface area is 262 Å². The zero-order valence-corrected chi connectivity index (χ0v) is 26.8. The standard InChI is InChI=1S/C33H42BrN5O4/c1-22-27(34)7-4-9-29(22)43-24-12-10-23(11-13-24)42-21-5-16-38-17-19-39(20-18-38)28-8-3-6-25-31(36-37(2)32(25)28)26-14-15-30(40)35-33(26)41/h3-4,6-9,23-24,26H,5,10-21H2,1-2H3,(H,35,40,41). The van der Waals surface area contributed by atoms with Crippen LogP contribution in [0.25, 0.3) is 10.9 Å². The molecule has 2 saturated heterocycles. The highest BCUT2D eigenvalue weighted by molar-refractivity contribution is 9.10. The summed E-state index contributed by atoms with van der Waals surface area (Å²) in [7, 11) is 1.94. The number of nitrogens with one attached hydrogen (secondary N) is 1. The molecule has 1 N–H and O–H groups in total. The number of anilines is 1. The average Bonchev–Trinajstić information content (AvgIpc) is 3.35. The van der Waals surface area contributed by atoms with Gasteiger partial charge in [0, 0.05) is 68.2 Å². The molecule has 1 saturated carbocycles. The number of aromatic nitrogens is 2. The van der Waals surface area contributed by atoms with Crippen molar-refractivity contribution in [3.63, 3.8) is 0 Å². The summed E-state index contributed by atoms with van der Waals surface area (Å²) in [6.45, 7) is 7.84. The Bertz CT molecular complexity index is 1460. The highest BCUT2D eigenvalue weighted by Crippen LogP contribution is 2.35. The van der Waals surface area contributed by atoms with Crippen LogP contribution in [0.1, 0.15) is 62.1 Å². The number of benzene rings is 2. The van der Waals surface area contributed by atoms with Gasteiger partial charge in [-0.15, -0.1) is 0 Å². The second-order valence-corrected chi connectivity index (χ2v) is 13.0. The maximum Gasteiger partial charge on any atom is 0.235 e. The van der Waals surface area contributed by atoms with E-state index < -0.39 is 0 Å². The van der Waals surface area contributed by atoms with Gasteiger partial charge in [0.1, 0.15) is 5.75 Å². The van der Waals surface area contributed by atoms with Crippen molar-refractivity contribution in [2.75, 3.05) is 44.2 Å². The van der Waals surface area contributed by atoms with Gasteiger partial charge >= 0.3 is 0 Å². The Hall–Kier alpha value is -2.95. The Morgan fingerprint density at radius 3 is 2.49 bits per heavy atom. The van der Waals surface area contributed by atoms with Crippen LogP contribution in [-0.4, -0.2) is 78.0 Å². The molecule has 3 aromatic rings. The highest BCUT2D eigenvalue weighted by atomic mass is 79.9. The molecule has 1 aliphatic carbocycles. The number of piperazine rings is 1. The van der Waals surface area contributed by atoms with Gasteiger partial charge < -0.3 is 14.4 Å². The van der Waals surface area contributed by atoms with Gasteiger partial charge in [-0.2, -0.15) is 5.10 Å². The summed E-state index contributed by atoms with van der Waals surface area (Å²) in [5.74, 6) is 0.146. The first-order chi connectivity index (χ1) is 20.9. The van der Waals surface area contributed by atoms with Gasteiger partial charge in [0.25, 0.3) is 0 Å². The molecule has 230 valence electrons. The highest BCUT2D eigenvalue weighted by Gasteiger charge is 2.32. The lowest BCUT2D eigenvalue weighted by atomic mass is 9.92. The van der Waals surface area contributed by atoms with Crippen LogP contribution in [-0.2, 0) is 21.4 Å². The lowest BCUT2D eigenvalue weighted by Gasteiger charge is -2.36. The summed E-state index contributed by atoms with van der Waals surface area (Å²) in [6.07, 6.45) is 6.70. The van der Waals surface area contributed by atoms with Crippen molar-refractivity contribution in [2.24, 2.45) is 7.05 Å². The number of hydrogen-bond acceptors (Lipinski definition) is 7. The van der Waals surface area contributed by atoms with Crippen LogP contribution in [0, 0.1) is 6.92 Å². The van der Waals surface area contributed by atoms with E-state index in [0.717, 1.165) is 110 Å². The predicted molar refractivity (Wildman–Crippen MR) is 171 cm³/mol. The van der Waals surface area contributed by atoms with Gasteiger partial charge in [-0.1, -0.05) is 34.1 Å². The third-order valence-corrected chi connectivity index (χ3v) is 10.1. The van der Waals surface area contributed by atoms with E-state index in [-0.39, 0.29) is 23.8 Å². The van der Waals surface area contributed by atoms with E-state index in [2.05, 4.69) is 62.2 Å². The van der Waals surface area contributed by atoms with Crippen molar-refractivity contribution in [3.05, 3.63) is 52.1 Å². The van der Waals surface area contributed by atoms with Gasteiger partial charge in [0.15, 0.2) is 0 Å². The molecule has 2 amide bonds. The zero-order chi connectivity index (χ0) is 29.9. The number of piperidine rings is 1. The Balaban J connectivity index is 0.943. The van der Waals surface area contributed by atoms with E-state index in [4.69, 9.17) is 14.6 Å². The minimum absolute atomic E-state index is 0.202. The van der Waals surface area contributed by atoms with Crippen LogP contribution in [0.3, 0.4) is 0 Å². The van der Waals surface area contributed by atoms with E-state index in [0.29, 0.717) is 18.9 Å². The summed E-state index contributed by atoms with van der Waals surface area (Å²) in [5, 5.41) is 8.24. The molecule has 2 aliphatic heterocycles. The molecule has 0 bridgehead atoms. The normalized spacial score (nSPS) is 23.5. The van der Waals surface area contributed by atoms with E-state index in [1.54, 1.807) is 0 Å². The smallest absolute Gasteiger partial charge is 0.235 e. The third-order valence-electron chi connectivity index (χ3n) is 9.26. The molecule has 3 fully saturated rings. The van der Waals surface area contributed by atoms with Crippen LogP contribution in [0.4, 0.5) is 5.69 Å². The molecular weight excluding hydrogens is 610 g/mol. The number of aryl methyl sites for hydroxylation is 1. The van der Waals surface area contributed by atoms with E-state index in [1.807, 2.05) is 23.9 Å². The van der Waals surface area contributed by atoms with Gasteiger partial charge in [0.05, 0.1) is 35.0 Å². The molecule has 6 rings (SSSR count). The van der Waals surface area contributed by atoms with Crippen molar-refractivity contribution < 1.29 is 19.1 Å². The first-order valence-electron chi connectivity index (χ1n) is 15.7. The minimum atomic E-state index is -0.389. The zero-order valence-electron chi connectivity index (χ0n) is 25.2. The number of ether oxygens (including phenoxy) is 2. The molecular formula is C33H42BrN5O4. The Morgan fingerprint density at radius 1 is 0.977 bits per heavy atom. The minimum Gasteiger partial charge on any atom is -0.490 e. The topological polar surface area (TPSA) is 88.9 Å². The van der Waals surface area contributed by atoms with Crippen LogP contribution >= 0.6 is 15.9 Å². The molecule has 0 spiro atoms. The number of fused-ring (bicyclic) bond motifs is 1. The summed E-state index contributed by atoms with van der Waals surface area (Å²) >= 11 is 3.60. The fourth-order valence-corrected chi connectivity index (χ4v) is 7.12. The second-order valence-electron chi connectivity index (χ2n) is 12.1. The first-order valence-corrected chi connectivity index (χ1v) is 16.5. The number of carbonyl (C=O) groups excluding carboxylic acids is 2. The quantitative estimate of drug-likeness (QED) is 0.255. The predicted octanol–water partition coefficient (Wildman–Crippen LogP) is 5.08. The fourth-order valence-electron chi connectivity index (χ4n) is 6.77. The Kier molecular flexibility index (Phi) is 9.35.